The van der Waals surface area contributed by atoms with Gasteiger partial charge in [0.1, 0.15) is 11.3 Å². The maximum absolute atomic E-state index is 13.6. The van der Waals surface area contributed by atoms with Gasteiger partial charge >= 0.3 is 5.69 Å². The number of para-hydroxylation sites is 1. The zero-order chi connectivity index (χ0) is 11.8. The molecule has 1 unspecified atom stereocenters. The fraction of sp³-hybridized carbons (Fsp3) is 0.333. The van der Waals surface area contributed by atoms with Crippen molar-refractivity contribution in [1.82, 2.24) is 9.97 Å². The van der Waals surface area contributed by atoms with Crippen LogP contribution in [0.5, 0.6) is 0 Å². The summed E-state index contributed by atoms with van der Waals surface area (Å²) in [5.74, 6) is -0.344. The molecule has 0 spiro atoms. The molecule has 3 rings (SSSR count). The van der Waals surface area contributed by atoms with E-state index in [0.717, 1.165) is 12.1 Å². The van der Waals surface area contributed by atoms with Gasteiger partial charge in [0.15, 0.2) is 0 Å². The third-order valence-corrected chi connectivity index (χ3v) is 3.07. The highest BCUT2D eigenvalue weighted by molar-refractivity contribution is 5.81. The molecule has 0 bridgehead atoms. The van der Waals surface area contributed by atoms with E-state index >= 15 is 0 Å². The average molecular weight is 234 g/mol. The predicted octanol–water partition coefficient (Wildman–Crippen LogP) is 1.57. The molecular weight excluding hydrogens is 223 g/mol. The number of H-pyrrole nitrogens is 1. The maximum Gasteiger partial charge on any atom is 0.345 e. The molecule has 0 amide bonds. The van der Waals surface area contributed by atoms with E-state index in [9.17, 15) is 9.18 Å². The molecule has 1 aromatic heterocycles. The fourth-order valence-electron chi connectivity index (χ4n) is 2.24. The summed E-state index contributed by atoms with van der Waals surface area (Å²) in [6, 6.07) is 4.70. The van der Waals surface area contributed by atoms with Crippen molar-refractivity contribution in [1.29, 1.82) is 0 Å². The van der Waals surface area contributed by atoms with Gasteiger partial charge in [0.25, 0.3) is 0 Å². The quantitative estimate of drug-likeness (QED) is 0.814. The maximum atomic E-state index is 13.6. The molecule has 1 aliphatic rings. The van der Waals surface area contributed by atoms with Crippen LogP contribution in [0.1, 0.15) is 18.0 Å². The van der Waals surface area contributed by atoms with E-state index in [1.165, 1.54) is 6.07 Å². The van der Waals surface area contributed by atoms with Crippen molar-refractivity contribution in [3.8, 4) is 0 Å². The number of benzene rings is 1. The minimum Gasteiger partial charge on any atom is -0.381 e. The fourth-order valence-corrected chi connectivity index (χ4v) is 2.24. The minimum absolute atomic E-state index is 0.120. The third-order valence-electron chi connectivity index (χ3n) is 3.07. The van der Waals surface area contributed by atoms with E-state index in [2.05, 4.69) is 9.97 Å². The summed E-state index contributed by atoms with van der Waals surface area (Å²) in [4.78, 5) is 17.8. The number of ether oxygens (including phenoxy) is 1. The first kappa shape index (κ1) is 10.4. The van der Waals surface area contributed by atoms with Crippen LogP contribution in [-0.2, 0) is 4.74 Å². The van der Waals surface area contributed by atoms with E-state index in [0.29, 0.717) is 18.6 Å². The van der Waals surface area contributed by atoms with Crippen molar-refractivity contribution in [3.63, 3.8) is 0 Å². The summed E-state index contributed by atoms with van der Waals surface area (Å²) in [5, 5.41) is 0.667. The Kier molecular flexibility index (Phi) is 2.40. The highest BCUT2D eigenvalue weighted by Gasteiger charge is 2.22. The molecular formula is C12H11FN2O2. The Morgan fingerprint density at radius 2 is 2.35 bits per heavy atom. The normalized spacial score (nSPS) is 19.9. The SMILES string of the molecule is O=c1nc2c(F)cccc2c(C2CCOC2)[nH]1. The summed E-state index contributed by atoms with van der Waals surface area (Å²) < 4.78 is 18.9. The number of fused-ring (bicyclic) bond motifs is 1. The Labute approximate surface area is 96.4 Å². The lowest BCUT2D eigenvalue weighted by Gasteiger charge is -2.10. The Hall–Kier alpha value is -1.75. The largest absolute Gasteiger partial charge is 0.381 e. The van der Waals surface area contributed by atoms with Crippen LogP contribution in [0.15, 0.2) is 23.0 Å². The monoisotopic (exact) mass is 234 g/mol. The van der Waals surface area contributed by atoms with E-state index < -0.39 is 11.5 Å². The Balaban J connectivity index is 2.29. The first-order valence-electron chi connectivity index (χ1n) is 5.52. The summed E-state index contributed by atoms with van der Waals surface area (Å²) in [7, 11) is 0. The first-order chi connectivity index (χ1) is 8.25. The van der Waals surface area contributed by atoms with Crippen molar-refractivity contribution in [3.05, 3.63) is 40.2 Å². The van der Waals surface area contributed by atoms with Gasteiger partial charge in [-0.1, -0.05) is 12.1 Å². The van der Waals surface area contributed by atoms with E-state index in [1.54, 1.807) is 12.1 Å². The molecule has 2 heterocycles. The first-order valence-corrected chi connectivity index (χ1v) is 5.52. The van der Waals surface area contributed by atoms with Crippen LogP contribution < -0.4 is 5.69 Å². The van der Waals surface area contributed by atoms with Crippen molar-refractivity contribution in [2.24, 2.45) is 0 Å². The minimum atomic E-state index is -0.510. The van der Waals surface area contributed by atoms with Gasteiger partial charge in [0, 0.05) is 23.6 Å². The van der Waals surface area contributed by atoms with Gasteiger partial charge < -0.3 is 9.72 Å². The molecule has 0 radical (unpaired) electrons. The number of rotatable bonds is 1. The summed E-state index contributed by atoms with van der Waals surface area (Å²) in [5.41, 5.74) is 0.361. The van der Waals surface area contributed by atoms with Gasteiger partial charge in [0.2, 0.25) is 0 Å². The van der Waals surface area contributed by atoms with E-state index in [1.807, 2.05) is 0 Å². The Bertz CT molecular complexity index is 617. The second-order valence-corrected chi connectivity index (χ2v) is 4.15. The molecule has 17 heavy (non-hydrogen) atoms. The van der Waals surface area contributed by atoms with Crippen LogP contribution in [0.3, 0.4) is 0 Å². The number of aromatic amines is 1. The summed E-state index contributed by atoms with van der Waals surface area (Å²) >= 11 is 0. The van der Waals surface area contributed by atoms with Gasteiger partial charge in [-0.25, -0.2) is 9.18 Å². The highest BCUT2D eigenvalue weighted by atomic mass is 19.1. The van der Waals surface area contributed by atoms with Gasteiger partial charge in [-0.05, 0) is 12.5 Å². The van der Waals surface area contributed by atoms with Crippen LogP contribution in [-0.4, -0.2) is 23.2 Å². The lowest BCUT2D eigenvalue weighted by Crippen LogP contribution is -2.16. The summed E-state index contributed by atoms with van der Waals surface area (Å²) in [6.45, 7) is 1.23. The van der Waals surface area contributed by atoms with Crippen molar-refractivity contribution in [2.75, 3.05) is 13.2 Å². The van der Waals surface area contributed by atoms with Crippen LogP contribution in [0.25, 0.3) is 10.9 Å². The number of hydrogen-bond acceptors (Lipinski definition) is 3. The molecule has 1 aromatic carbocycles. The zero-order valence-electron chi connectivity index (χ0n) is 9.07. The molecule has 4 nitrogen and oxygen atoms in total. The lowest BCUT2D eigenvalue weighted by molar-refractivity contribution is 0.193. The number of hydrogen-bond donors (Lipinski definition) is 1. The second kappa shape index (κ2) is 3.92. The highest BCUT2D eigenvalue weighted by Crippen LogP contribution is 2.28. The van der Waals surface area contributed by atoms with Crippen LogP contribution >= 0.6 is 0 Å². The molecule has 1 fully saturated rings. The van der Waals surface area contributed by atoms with Crippen molar-refractivity contribution in [2.45, 2.75) is 12.3 Å². The molecule has 88 valence electrons. The second-order valence-electron chi connectivity index (χ2n) is 4.15. The molecule has 2 aromatic rings. The van der Waals surface area contributed by atoms with Gasteiger partial charge in [-0.3, -0.25) is 0 Å². The van der Waals surface area contributed by atoms with Crippen molar-refractivity contribution < 1.29 is 9.13 Å². The standard InChI is InChI=1S/C12H11FN2O2/c13-9-3-1-2-8-10(7-4-5-17-6-7)14-12(16)15-11(8)9/h1-3,7H,4-6H2,(H,14,15,16). The van der Waals surface area contributed by atoms with Crippen LogP contribution in [0, 0.1) is 5.82 Å². The number of nitrogens with zero attached hydrogens (tertiary/aromatic N) is 1. The van der Waals surface area contributed by atoms with Gasteiger partial charge in [-0.15, -0.1) is 0 Å². The van der Waals surface area contributed by atoms with Crippen LogP contribution in [0.2, 0.25) is 0 Å². The Morgan fingerprint density at radius 3 is 3.12 bits per heavy atom. The van der Waals surface area contributed by atoms with Gasteiger partial charge in [-0.2, -0.15) is 4.98 Å². The molecule has 5 heteroatoms. The number of halogens is 1. The molecule has 1 saturated heterocycles. The molecule has 0 saturated carbocycles. The average Bonchev–Trinajstić information content (AvgIpc) is 2.83. The van der Waals surface area contributed by atoms with Crippen molar-refractivity contribution >= 4 is 10.9 Å². The predicted molar refractivity (Wildman–Crippen MR) is 60.5 cm³/mol. The van der Waals surface area contributed by atoms with Gasteiger partial charge in [0.05, 0.1) is 6.61 Å². The third kappa shape index (κ3) is 1.72. The number of nitrogens with one attached hydrogen (secondary N) is 1. The lowest BCUT2D eigenvalue weighted by atomic mass is 10.0. The molecule has 1 N–H and O–H groups in total. The van der Waals surface area contributed by atoms with E-state index in [4.69, 9.17) is 4.74 Å². The summed E-state index contributed by atoms with van der Waals surface area (Å²) in [6.07, 6.45) is 0.839. The zero-order valence-corrected chi connectivity index (χ0v) is 9.07. The number of aromatic nitrogens is 2. The molecule has 1 atom stereocenters. The van der Waals surface area contributed by atoms with E-state index in [-0.39, 0.29) is 11.4 Å². The Morgan fingerprint density at radius 1 is 1.47 bits per heavy atom. The smallest absolute Gasteiger partial charge is 0.345 e. The molecule has 1 aliphatic heterocycles. The topological polar surface area (TPSA) is 55.0 Å². The molecule has 0 aliphatic carbocycles. The van der Waals surface area contributed by atoms with Crippen LogP contribution in [0.4, 0.5) is 4.39 Å².